The summed E-state index contributed by atoms with van der Waals surface area (Å²) in [4.78, 5) is 17.9. The summed E-state index contributed by atoms with van der Waals surface area (Å²) in [6.45, 7) is 2.86. The van der Waals surface area contributed by atoms with Crippen molar-refractivity contribution >= 4 is 11.7 Å². The molecule has 1 aromatic heterocycles. The molecule has 0 atom stereocenters. The lowest BCUT2D eigenvalue weighted by Gasteiger charge is -2.16. The molecule has 0 saturated heterocycles. The predicted molar refractivity (Wildman–Crippen MR) is 73.8 cm³/mol. The van der Waals surface area contributed by atoms with Gasteiger partial charge in [0.1, 0.15) is 5.82 Å². The average Bonchev–Trinajstić information content (AvgIpc) is 2.45. The second kappa shape index (κ2) is 8.41. The van der Waals surface area contributed by atoms with Crippen molar-refractivity contribution in [2.45, 2.75) is 0 Å². The van der Waals surface area contributed by atoms with Gasteiger partial charge in [0.25, 0.3) is 5.91 Å². The van der Waals surface area contributed by atoms with Crippen molar-refractivity contribution in [3.63, 3.8) is 0 Å². The maximum absolute atomic E-state index is 11.9. The number of methoxy groups -OCH3 is 1. The smallest absolute Gasteiger partial charge is 0.251 e. The van der Waals surface area contributed by atoms with Gasteiger partial charge in [0, 0.05) is 38.5 Å². The molecule has 1 heterocycles. The number of aromatic nitrogens is 1. The van der Waals surface area contributed by atoms with Crippen LogP contribution < -0.4 is 16.6 Å². The van der Waals surface area contributed by atoms with E-state index in [1.54, 1.807) is 19.2 Å². The van der Waals surface area contributed by atoms with E-state index < -0.39 is 0 Å². The van der Waals surface area contributed by atoms with Crippen molar-refractivity contribution in [2.75, 3.05) is 45.8 Å². The summed E-state index contributed by atoms with van der Waals surface area (Å²) in [5.74, 6) is 5.57. The molecule has 0 aromatic carbocycles. The Morgan fingerprint density at radius 3 is 3.00 bits per heavy atom. The van der Waals surface area contributed by atoms with Crippen LogP contribution in [0.3, 0.4) is 0 Å². The summed E-state index contributed by atoms with van der Waals surface area (Å²) in [7, 11) is 3.65. The first-order valence-electron chi connectivity index (χ1n) is 6.05. The maximum atomic E-state index is 11.9. The highest BCUT2D eigenvalue weighted by atomic mass is 16.5. The number of carbonyl (C=O) groups is 1. The molecule has 1 rings (SSSR count). The fourth-order valence-electron chi connectivity index (χ4n) is 1.47. The van der Waals surface area contributed by atoms with E-state index >= 15 is 0 Å². The minimum atomic E-state index is -0.140. The molecule has 0 radical (unpaired) electrons. The number of nitrogens with zero attached hydrogens (tertiary/aromatic N) is 2. The van der Waals surface area contributed by atoms with Crippen LogP contribution in [0.5, 0.6) is 0 Å². The third-order valence-corrected chi connectivity index (χ3v) is 2.63. The number of hydrazine groups is 1. The van der Waals surface area contributed by atoms with Crippen molar-refractivity contribution in [1.29, 1.82) is 0 Å². The van der Waals surface area contributed by atoms with Crippen LogP contribution >= 0.6 is 0 Å². The van der Waals surface area contributed by atoms with Gasteiger partial charge in [-0.2, -0.15) is 0 Å². The lowest BCUT2D eigenvalue weighted by molar-refractivity contribution is 0.0947. The molecule has 7 heteroatoms. The van der Waals surface area contributed by atoms with Gasteiger partial charge < -0.3 is 20.4 Å². The van der Waals surface area contributed by atoms with Crippen LogP contribution in [0.15, 0.2) is 18.3 Å². The molecule has 0 spiro atoms. The van der Waals surface area contributed by atoms with Crippen molar-refractivity contribution in [3.8, 4) is 0 Å². The molecule has 7 nitrogen and oxygen atoms in total. The Kier molecular flexibility index (Phi) is 6.80. The molecule has 106 valence electrons. The Labute approximate surface area is 113 Å². The molecule has 0 aliphatic carbocycles. The Balaban J connectivity index is 2.34. The first-order chi connectivity index (χ1) is 9.17. The van der Waals surface area contributed by atoms with Crippen molar-refractivity contribution < 1.29 is 9.53 Å². The van der Waals surface area contributed by atoms with Crippen LogP contribution in [0.4, 0.5) is 5.82 Å². The van der Waals surface area contributed by atoms with E-state index in [-0.39, 0.29) is 5.91 Å². The first kappa shape index (κ1) is 15.4. The lowest BCUT2D eigenvalue weighted by Crippen LogP contribution is -2.34. The summed E-state index contributed by atoms with van der Waals surface area (Å²) in [5, 5.41) is 2.84. The van der Waals surface area contributed by atoms with Crippen LogP contribution in [-0.4, -0.2) is 56.2 Å². The van der Waals surface area contributed by atoms with Gasteiger partial charge in [-0.05, 0) is 19.2 Å². The maximum Gasteiger partial charge on any atom is 0.251 e. The Hall–Kier alpha value is -1.70. The number of hydrogen-bond acceptors (Lipinski definition) is 6. The first-order valence-corrected chi connectivity index (χ1v) is 6.05. The van der Waals surface area contributed by atoms with E-state index in [0.29, 0.717) is 24.5 Å². The highest BCUT2D eigenvalue weighted by Gasteiger charge is 2.06. The van der Waals surface area contributed by atoms with E-state index in [2.05, 4.69) is 20.6 Å². The van der Waals surface area contributed by atoms with Crippen LogP contribution in [0.1, 0.15) is 10.4 Å². The topological polar surface area (TPSA) is 92.5 Å². The normalized spacial score (nSPS) is 10.5. The largest absolute Gasteiger partial charge is 0.383 e. The minimum Gasteiger partial charge on any atom is -0.383 e. The number of amides is 1. The number of anilines is 1. The summed E-state index contributed by atoms with van der Waals surface area (Å²) >= 11 is 0. The Morgan fingerprint density at radius 2 is 2.32 bits per heavy atom. The molecule has 0 fully saturated rings. The molecule has 0 bridgehead atoms. The van der Waals surface area contributed by atoms with E-state index in [9.17, 15) is 4.79 Å². The molecule has 0 saturated carbocycles. The van der Waals surface area contributed by atoms with Gasteiger partial charge in [0.05, 0.1) is 6.61 Å². The molecule has 1 amide bonds. The second-order valence-electron chi connectivity index (χ2n) is 4.13. The zero-order valence-electron chi connectivity index (χ0n) is 11.3. The highest BCUT2D eigenvalue weighted by Crippen LogP contribution is 2.04. The van der Waals surface area contributed by atoms with Gasteiger partial charge >= 0.3 is 0 Å². The van der Waals surface area contributed by atoms with Gasteiger partial charge in [-0.15, -0.1) is 0 Å². The minimum absolute atomic E-state index is 0.140. The van der Waals surface area contributed by atoms with E-state index in [4.69, 9.17) is 10.6 Å². The number of pyridine rings is 1. The summed E-state index contributed by atoms with van der Waals surface area (Å²) < 4.78 is 4.98. The molecule has 4 N–H and O–H groups in total. The lowest BCUT2D eigenvalue weighted by atomic mass is 10.2. The number of nitrogens with two attached hydrogens (primary N) is 1. The molecular formula is C12H21N5O2. The van der Waals surface area contributed by atoms with E-state index in [1.807, 2.05) is 7.05 Å². The standard InChI is InChI=1S/C12H21N5O2/c1-17(7-8-19-2)6-5-15-12(18)10-3-4-14-11(9-10)16-13/h3-4,9H,5-8,13H2,1-2H3,(H,14,16)(H,15,18). The second-order valence-corrected chi connectivity index (χ2v) is 4.13. The molecule has 0 unspecified atom stereocenters. The SMILES string of the molecule is COCCN(C)CCNC(=O)c1ccnc(NN)c1. The summed E-state index contributed by atoms with van der Waals surface area (Å²) in [5.41, 5.74) is 2.94. The number of hydrogen-bond donors (Lipinski definition) is 3. The fraction of sp³-hybridized carbons (Fsp3) is 0.500. The number of nitrogen functional groups attached to an aromatic ring is 1. The third-order valence-electron chi connectivity index (χ3n) is 2.63. The van der Waals surface area contributed by atoms with Gasteiger partial charge in [-0.25, -0.2) is 10.8 Å². The average molecular weight is 267 g/mol. The monoisotopic (exact) mass is 267 g/mol. The Morgan fingerprint density at radius 1 is 1.53 bits per heavy atom. The van der Waals surface area contributed by atoms with Crippen molar-refractivity contribution in [2.24, 2.45) is 5.84 Å². The molecular weight excluding hydrogens is 246 g/mol. The number of nitrogens with one attached hydrogen (secondary N) is 2. The van der Waals surface area contributed by atoms with E-state index in [1.165, 1.54) is 6.20 Å². The van der Waals surface area contributed by atoms with Crippen LogP contribution in [0, 0.1) is 0 Å². The van der Waals surface area contributed by atoms with Crippen LogP contribution in [0.25, 0.3) is 0 Å². The van der Waals surface area contributed by atoms with Gasteiger partial charge in [-0.3, -0.25) is 4.79 Å². The van der Waals surface area contributed by atoms with Gasteiger partial charge in [0.15, 0.2) is 0 Å². The number of carbonyl (C=O) groups excluding carboxylic acids is 1. The fourth-order valence-corrected chi connectivity index (χ4v) is 1.47. The zero-order chi connectivity index (χ0) is 14.1. The Bertz CT molecular complexity index is 399. The molecule has 0 aliphatic heterocycles. The quantitative estimate of drug-likeness (QED) is 0.441. The predicted octanol–water partition coefficient (Wildman–Crippen LogP) is -0.325. The third kappa shape index (κ3) is 5.64. The summed E-state index contributed by atoms with van der Waals surface area (Å²) in [6, 6.07) is 3.24. The molecule has 19 heavy (non-hydrogen) atoms. The number of rotatable bonds is 8. The highest BCUT2D eigenvalue weighted by molar-refractivity contribution is 5.94. The molecule has 1 aromatic rings. The van der Waals surface area contributed by atoms with Crippen LogP contribution in [-0.2, 0) is 4.74 Å². The number of ether oxygens (including phenoxy) is 1. The van der Waals surface area contributed by atoms with Gasteiger partial charge in [-0.1, -0.05) is 0 Å². The van der Waals surface area contributed by atoms with Crippen molar-refractivity contribution in [1.82, 2.24) is 15.2 Å². The zero-order valence-corrected chi connectivity index (χ0v) is 11.3. The van der Waals surface area contributed by atoms with Gasteiger partial charge in [0.2, 0.25) is 0 Å². The summed E-state index contributed by atoms with van der Waals surface area (Å²) in [6.07, 6.45) is 1.54. The number of likely N-dealkylation sites (N-methyl/N-ethyl adjacent to an activating group) is 1. The van der Waals surface area contributed by atoms with Crippen molar-refractivity contribution in [3.05, 3.63) is 23.9 Å². The molecule has 0 aliphatic rings. The van der Waals surface area contributed by atoms with Crippen LogP contribution in [0.2, 0.25) is 0 Å². The van der Waals surface area contributed by atoms with E-state index in [0.717, 1.165) is 13.1 Å².